The first-order valence-corrected chi connectivity index (χ1v) is 9.90. The maximum absolute atomic E-state index is 4.87. The number of hydrogen-bond acceptors (Lipinski definition) is 1. The molecule has 0 saturated heterocycles. The van der Waals surface area contributed by atoms with Gasteiger partial charge in [0.15, 0.2) is 0 Å². The number of rotatable bonds is 6. The Hall–Kier alpha value is -1.72. The summed E-state index contributed by atoms with van der Waals surface area (Å²) in [5, 5.41) is 2.85. The van der Waals surface area contributed by atoms with E-state index in [9.17, 15) is 0 Å². The van der Waals surface area contributed by atoms with Crippen molar-refractivity contribution in [2.75, 3.05) is 0 Å². The van der Waals surface area contributed by atoms with Crippen molar-refractivity contribution in [3.63, 3.8) is 0 Å². The van der Waals surface area contributed by atoms with Crippen LogP contribution in [0.3, 0.4) is 0 Å². The minimum Gasteiger partial charge on any atom is -0.284 e. The van der Waals surface area contributed by atoms with E-state index in [0.29, 0.717) is 5.78 Å². The van der Waals surface area contributed by atoms with Gasteiger partial charge in [-0.15, -0.1) is 0 Å². The van der Waals surface area contributed by atoms with Crippen LogP contribution in [0.2, 0.25) is 0 Å². The van der Waals surface area contributed by atoms with Gasteiger partial charge in [0, 0.05) is 6.21 Å². The van der Waals surface area contributed by atoms with Crippen molar-refractivity contribution in [3.8, 4) is 0 Å². The zero-order valence-corrected chi connectivity index (χ0v) is 14.6. The van der Waals surface area contributed by atoms with Gasteiger partial charge < -0.3 is 0 Å². The molecule has 2 aromatic rings. The minimum absolute atomic E-state index is 0.367. The van der Waals surface area contributed by atoms with Gasteiger partial charge in [-0.25, -0.2) is 0 Å². The molecule has 0 saturated carbocycles. The predicted molar refractivity (Wildman–Crippen MR) is 104 cm³/mol. The fraction of sp³-hybridized carbons (Fsp3) is 0.286. The van der Waals surface area contributed by atoms with E-state index in [1.165, 1.54) is 29.9 Å². The second-order valence-electron chi connectivity index (χ2n) is 5.95. The number of aliphatic imine (C=N–C) groups is 1. The zero-order valence-electron chi connectivity index (χ0n) is 13.7. The molecule has 0 aliphatic carbocycles. The average molecular weight is 321 g/mol. The SMILES string of the molecule is CCCCC1=CC=NC(P(c2ccccc2)c2ccccc2)C1. The summed E-state index contributed by atoms with van der Waals surface area (Å²) in [5.41, 5.74) is 1.56. The van der Waals surface area contributed by atoms with E-state index < -0.39 is 7.92 Å². The molecule has 1 aliphatic heterocycles. The van der Waals surface area contributed by atoms with E-state index in [4.69, 9.17) is 4.99 Å². The van der Waals surface area contributed by atoms with E-state index in [0.717, 1.165) is 6.42 Å². The lowest BCUT2D eigenvalue weighted by Gasteiger charge is -2.28. The molecular weight excluding hydrogens is 297 g/mol. The van der Waals surface area contributed by atoms with Crippen LogP contribution < -0.4 is 10.6 Å². The summed E-state index contributed by atoms with van der Waals surface area (Å²) in [5.74, 6) is 0.367. The van der Waals surface area contributed by atoms with Crippen molar-refractivity contribution in [3.05, 3.63) is 72.3 Å². The van der Waals surface area contributed by atoms with Gasteiger partial charge in [-0.3, -0.25) is 4.99 Å². The van der Waals surface area contributed by atoms with Crippen LogP contribution in [0.4, 0.5) is 0 Å². The fourth-order valence-electron chi connectivity index (χ4n) is 3.02. The smallest absolute Gasteiger partial charge is 0.0812 e. The normalized spacial score (nSPS) is 17.3. The van der Waals surface area contributed by atoms with E-state index >= 15 is 0 Å². The van der Waals surface area contributed by atoms with Gasteiger partial charge in [0.05, 0.1) is 5.78 Å². The predicted octanol–water partition coefficient (Wildman–Crippen LogP) is 5.04. The maximum atomic E-state index is 4.87. The highest BCUT2D eigenvalue weighted by molar-refractivity contribution is 7.73. The molecule has 1 unspecified atom stereocenters. The summed E-state index contributed by atoms with van der Waals surface area (Å²) in [4.78, 5) is 4.87. The molecule has 2 aromatic carbocycles. The van der Waals surface area contributed by atoms with Crippen LogP contribution in [0.1, 0.15) is 32.6 Å². The van der Waals surface area contributed by atoms with Crippen molar-refractivity contribution >= 4 is 24.7 Å². The van der Waals surface area contributed by atoms with Gasteiger partial charge in [0.2, 0.25) is 0 Å². The van der Waals surface area contributed by atoms with Crippen LogP contribution in [-0.4, -0.2) is 12.0 Å². The molecule has 0 bridgehead atoms. The van der Waals surface area contributed by atoms with Crippen LogP contribution in [0, 0.1) is 0 Å². The van der Waals surface area contributed by atoms with Gasteiger partial charge in [-0.1, -0.05) is 79.6 Å². The summed E-state index contributed by atoms with van der Waals surface area (Å²) >= 11 is 0. The van der Waals surface area contributed by atoms with Gasteiger partial charge in [0.25, 0.3) is 0 Å². The lowest BCUT2D eigenvalue weighted by Crippen LogP contribution is -2.22. The van der Waals surface area contributed by atoms with Crippen molar-refractivity contribution < 1.29 is 0 Å². The zero-order chi connectivity index (χ0) is 15.9. The van der Waals surface area contributed by atoms with Gasteiger partial charge in [-0.2, -0.15) is 0 Å². The van der Waals surface area contributed by atoms with Crippen LogP contribution >= 0.6 is 7.92 Å². The fourth-order valence-corrected chi connectivity index (χ4v) is 5.62. The van der Waals surface area contributed by atoms with E-state index in [-0.39, 0.29) is 0 Å². The second kappa shape index (κ2) is 8.22. The Balaban J connectivity index is 1.88. The molecule has 23 heavy (non-hydrogen) atoms. The number of unbranched alkanes of at least 4 members (excludes halogenated alkanes) is 1. The van der Waals surface area contributed by atoms with Gasteiger partial charge in [0.1, 0.15) is 0 Å². The summed E-state index contributed by atoms with van der Waals surface area (Å²) in [6.45, 7) is 2.26. The molecule has 1 aliphatic rings. The third-order valence-electron chi connectivity index (χ3n) is 4.23. The largest absolute Gasteiger partial charge is 0.284 e. The highest BCUT2D eigenvalue weighted by atomic mass is 31.1. The first-order valence-electron chi connectivity index (χ1n) is 8.49. The second-order valence-corrected chi connectivity index (χ2v) is 8.32. The molecule has 1 nitrogen and oxygen atoms in total. The molecule has 1 heterocycles. The van der Waals surface area contributed by atoms with Crippen LogP contribution in [0.5, 0.6) is 0 Å². The molecule has 2 heteroatoms. The van der Waals surface area contributed by atoms with Crippen molar-refractivity contribution in [2.24, 2.45) is 4.99 Å². The van der Waals surface area contributed by atoms with Crippen molar-refractivity contribution in [1.82, 2.24) is 0 Å². The molecule has 0 aromatic heterocycles. The monoisotopic (exact) mass is 321 g/mol. The minimum atomic E-state index is -0.449. The van der Waals surface area contributed by atoms with E-state index in [2.05, 4.69) is 73.7 Å². The van der Waals surface area contributed by atoms with Crippen molar-refractivity contribution in [2.45, 2.75) is 38.4 Å². The Morgan fingerprint density at radius 3 is 2.13 bits per heavy atom. The van der Waals surface area contributed by atoms with E-state index in [1.807, 2.05) is 6.21 Å². The van der Waals surface area contributed by atoms with Crippen LogP contribution in [-0.2, 0) is 0 Å². The number of hydrogen-bond donors (Lipinski definition) is 0. The number of dihydropyridines is 1. The highest BCUT2D eigenvalue weighted by Crippen LogP contribution is 2.44. The Morgan fingerprint density at radius 2 is 1.57 bits per heavy atom. The number of benzene rings is 2. The number of allylic oxidation sites excluding steroid dienone is 1. The summed E-state index contributed by atoms with van der Waals surface area (Å²) in [6, 6.07) is 21.8. The Labute approximate surface area is 140 Å². The molecule has 0 spiro atoms. The van der Waals surface area contributed by atoms with Gasteiger partial charge in [-0.05, 0) is 43.9 Å². The molecule has 1 atom stereocenters. The lowest BCUT2D eigenvalue weighted by atomic mass is 10.0. The third-order valence-corrected chi connectivity index (χ3v) is 6.85. The molecular formula is C21H24NP. The van der Waals surface area contributed by atoms with Crippen LogP contribution in [0.25, 0.3) is 0 Å². The molecule has 0 radical (unpaired) electrons. The molecule has 0 N–H and O–H groups in total. The van der Waals surface area contributed by atoms with Gasteiger partial charge >= 0.3 is 0 Å². The van der Waals surface area contributed by atoms with E-state index in [1.54, 1.807) is 5.57 Å². The Kier molecular flexibility index (Phi) is 5.77. The molecule has 0 fully saturated rings. The molecule has 3 rings (SSSR count). The Morgan fingerprint density at radius 1 is 0.957 bits per heavy atom. The standard InChI is InChI=1S/C21H24NP/c1-2-3-10-18-15-16-22-21(17-18)23(19-11-6-4-7-12-19)20-13-8-5-9-14-20/h4-9,11-16,21H,2-3,10,17H2,1H3. The highest BCUT2D eigenvalue weighted by Gasteiger charge is 2.25. The van der Waals surface area contributed by atoms with Crippen molar-refractivity contribution in [1.29, 1.82) is 0 Å². The number of nitrogens with zero attached hydrogens (tertiary/aromatic N) is 1. The first kappa shape index (κ1) is 16.1. The Bertz CT molecular complexity index is 621. The summed E-state index contributed by atoms with van der Waals surface area (Å²) < 4.78 is 0. The molecule has 118 valence electrons. The summed E-state index contributed by atoms with van der Waals surface area (Å²) in [6.07, 6.45) is 9.13. The quantitative estimate of drug-likeness (QED) is 0.661. The maximum Gasteiger partial charge on any atom is 0.0812 e. The molecule has 0 amide bonds. The third kappa shape index (κ3) is 4.18. The summed E-state index contributed by atoms with van der Waals surface area (Å²) in [7, 11) is -0.449. The first-order chi connectivity index (χ1) is 11.4. The lowest BCUT2D eigenvalue weighted by molar-refractivity contribution is 0.736. The topological polar surface area (TPSA) is 12.4 Å². The van der Waals surface area contributed by atoms with Crippen LogP contribution in [0.15, 0.2) is 77.3 Å². The average Bonchev–Trinajstić information content (AvgIpc) is 2.62.